The van der Waals surface area contributed by atoms with E-state index in [1.807, 2.05) is 19.1 Å². The van der Waals surface area contributed by atoms with Crippen LogP contribution >= 0.6 is 0 Å². The van der Waals surface area contributed by atoms with E-state index in [1.54, 1.807) is 12.4 Å². The van der Waals surface area contributed by atoms with Crippen LogP contribution in [0.1, 0.15) is 45.6 Å². The Balaban J connectivity index is 2.30. The number of nitrogens with two attached hydrogens (primary N) is 1. The summed E-state index contributed by atoms with van der Waals surface area (Å²) in [5.41, 5.74) is 6.98. The van der Waals surface area contributed by atoms with Gasteiger partial charge in [-0.15, -0.1) is 0 Å². The molecule has 4 nitrogen and oxygen atoms in total. The third-order valence-electron chi connectivity index (χ3n) is 3.35. The summed E-state index contributed by atoms with van der Waals surface area (Å²) in [5.74, 6) is 0.644. The summed E-state index contributed by atoms with van der Waals surface area (Å²) in [6, 6.07) is 3.47. The summed E-state index contributed by atoms with van der Waals surface area (Å²) in [7, 11) is 0. The van der Waals surface area contributed by atoms with E-state index in [0.29, 0.717) is 12.3 Å². The Kier molecular flexibility index (Phi) is 7.23. The Labute approximate surface area is 122 Å². The molecule has 3 N–H and O–H groups in total. The molecule has 1 rings (SSSR count). The Hall–Kier alpha value is -1.42. The zero-order valence-corrected chi connectivity index (χ0v) is 12.8. The summed E-state index contributed by atoms with van der Waals surface area (Å²) in [4.78, 5) is 16.0. The van der Waals surface area contributed by atoms with Crippen LogP contribution in [-0.2, 0) is 11.2 Å². The maximum atomic E-state index is 12.0. The van der Waals surface area contributed by atoms with E-state index in [1.165, 1.54) is 6.42 Å². The van der Waals surface area contributed by atoms with Gasteiger partial charge in [0, 0.05) is 18.4 Å². The van der Waals surface area contributed by atoms with Crippen molar-refractivity contribution < 1.29 is 4.79 Å². The van der Waals surface area contributed by atoms with Gasteiger partial charge in [-0.1, -0.05) is 26.7 Å². The molecule has 1 aromatic heterocycles. The second kappa shape index (κ2) is 8.69. The van der Waals surface area contributed by atoms with Gasteiger partial charge in [0.2, 0.25) is 5.91 Å². The third-order valence-corrected chi connectivity index (χ3v) is 3.35. The van der Waals surface area contributed by atoms with Crippen molar-refractivity contribution in [1.82, 2.24) is 10.3 Å². The predicted molar refractivity (Wildman–Crippen MR) is 82.2 cm³/mol. The van der Waals surface area contributed by atoms with Crippen molar-refractivity contribution in [2.24, 2.45) is 11.7 Å². The molecule has 1 amide bonds. The number of hydrogen-bond donors (Lipinski definition) is 2. The van der Waals surface area contributed by atoms with Crippen molar-refractivity contribution in [2.75, 3.05) is 0 Å². The lowest BCUT2D eigenvalue weighted by atomic mass is 10.0. The van der Waals surface area contributed by atoms with Crippen molar-refractivity contribution in [3.8, 4) is 0 Å². The van der Waals surface area contributed by atoms with E-state index in [4.69, 9.17) is 5.73 Å². The van der Waals surface area contributed by atoms with E-state index in [-0.39, 0.29) is 11.9 Å². The first-order valence-corrected chi connectivity index (χ1v) is 7.44. The van der Waals surface area contributed by atoms with Gasteiger partial charge < -0.3 is 11.1 Å². The van der Waals surface area contributed by atoms with Crippen LogP contribution in [0.5, 0.6) is 0 Å². The second-order valence-corrected chi connectivity index (χ2v) is 5.90. The quantitative estimate of drug-likeness (QED) is 0.766. The van der Waals surface area contributed by atoms with Gasteiger partial charge in [0.05, 0.1) is 6.04 Å². The molecule has 0 aliphatic rings. The van der Waals surface area contributed by atoms with Crippen molar-refractivity contribution in [3.63, 3.8) is 0 Å². The van der Waals surface area contributed by atoms with Gasteiger partial charge in [-0.05, 0) is 43.4 Å². The SMILES string of the molecule is CC(C)CCCC(C)NC(=O)C(N)Cc1ccncc1. The monoisotopic (exact) mass is 277 g/mol. The van der Waals surface area contributed by atoms with Crippen LogP contribution in [0.2, 0.25) is 0 Å². The highest BCUT2D eigenvalue weighted by atomic mass is 16.2. The van der Waals surface area contributed by atoms with Gasteiger partial charge in [-0.2, -0.15) is 0 Å². The summed E-state index contributed by atoms with van der Waals surface area (Å²) >= 11 is 0. The summed E-state index contributed by atoms with van der Waals surface area (Å²) in [6.07, 6.45) is 7.32. The summed E-state index contributed by atoms with van der Waals surface area (Å²) < 4.78 is 0. The maximum absolute atomic E-state index is 12.0. The number of rotatable bonds is 8. The summed E-state index contributed by atoms with van der Waals surface area (Å²) in [5, 5.41) is 2.99. The topological polar surface area (TPSA) is 68.0 Å². The van der Waals surface area contributed by atoms with Crippen molar-refractivity contribution in [2.45, 2.75) is 58.5 Å². The zero-order valence-electron chi connectivity index (χ0n) is 12.8. The number of nitrogens with zero attached hydrogens (tertiary/aromatic N) is 1. The molecule has 0 aromatic carbocycles. The number of aromatic nitrogens is 1. The van der Waals surface area contributed by atoms with Gasteiger partial charge in [0.15, 0.2) is 0 Å². The number of carbonyl (C=O) groups excluding carboxylic acids is 1. The highest BCUT2D eigenvalue weighted by Crippen LogP contribution is 2.08. The van der Waals surface area contributed by atoms with Gasteiger partial charge in [0.1, 0.15) is 0 Å². The van der Waals surface area contributed by atoms with E-state index >= 15 is 0 Å². The lowest BCUT2D eigenvalue weighted by molar-refractivity contribution is -0.123. The van der Waals surface area contributed by atoms with Crippen molar-refractivity contribution >= 4 is 5.91 Å². The van der Waals surface area contributed by atoms with Crippen molar-refractivity contribution in [1.29, 1.82) is 0 Å². The maximum Gasteiger partial charge on any atom is 0.237 e. The van der Waals surface area contributed by atoms with Crippen LogP contribution in [0.25, 0.3) is 0 Å². The Morgan fingerprint density at radius 1 is 1.25 bits per heavy atom. The van der Waals surface area contributed by atoms with Crippen molar-refractivity contribution in [3.05, 3.63) is 30.1 Å². The molecule has 112 valence electrons. The van der Waals surface area contributed by atoms with Crippen LogP contribution in [0.4, 0.5) is 0 Å². The Morgan fingerprint density at radius 2 is 1.90 bits per heavy atom. The normalized spacial score (nSPS) is 14.1. The first kappa shape index (κ1) is 16.6. The highest BCUT2D eigenvalue weighted by molar-refractivity contribution is 5.82. The van der Waals surface area contributed by atoms with Crippen LogP contribution in [0.15, 0.2) is 24.5 Å². The molecule has 0 fully saturated rings. The van der Waals surface area contributed by atoms with E-state index in [9.17, 15) is 4.79 Å². The minimum Gasteiger partial charge on any atom is -0.352 e. The molecule has 1 heterocycles. The first-order valence-electron chi connectivity index (χ1n) is 7.44. The minimum atomic E-state index is -0.495. The van der Waals surface area contributed by atoms with Gasteiger partial charge in [-0.3, -0.25) is 9.78 Å². The lowest BCUT2D eigenvalue weighted by Crippen LogP contribution is -2.45. The number of pyridine rings is 1. The van der Waals surface area contributed by atoms with Gasteiger partial charge in [-0.25, -0.2) is 0 Å². The molecule has 0 saturated carbocycles. The Bertz CT molecular complexity index is 392. The third kappa shape index (κ3) is 6.66. The molecule has 2 atom stereocenters. The molecule has 1 aromatic rings. The zero-order chi connectivity index (χ0) is 15.0. The van der Waals surface area contributed by atoms with E-state index in [2.05, 4.69) is 24.1 Å². The molecule has 0 aliphatic heterocycles. The highest BCUT2D eigenvalue weighted by Gasteiger charge is 2.16. The molecule has 0 spiro atoms. The number of carbonyl (C=O) groups is 1. The Morgan fingerprint density at radius 3 is 2.50 bits per heavy atom. The number of amides is 1. The largest absolute Gasteiger partial charge is 0.352 e. The number of nitrogens with one attached hydrogen (secondary N) is 1. The van der Waals surface area contributed by atoms with E-state index < -0.39 is 6.04 Å². The van der Waals surface area contributed by atoms with Crippen LogP contribution < -0.4 is 11.1 Å². The standard InChI is InChI=1S/C16H27N3O/c1-12(2)5-4-6-13(3)19-16(20)15(17)11-14-7-9-18-10-8-14/h7-10,12-13,15H,4-6,11,17H2,1-3H3,(H,19,20). The molecule has 2 unspecified atom stereocenters. The van der Waals surface area contributed by atoms with Crippen LogP contribution in [0.3, 0.4) is 0 Å². The average molecular weight is 277 g/mol. The predicted octanol–water partition coefficient (Wildman–Crippen LogP) is 2.28. The molecule has 0 radical (unpaired) electrons. The van der Waals surface area contributed by atoms with Gasteiger partial charge in [0.25, 0.3) is 0 Å². The van der Waals surface area contributed by atoms with E-state index in [0.717, 1.165) is 18.4 Å². The fourth-order valence-corrected chi connectivity index (χ4v) is 2.12. The first-order chi connectivity index (χ1) is 9.49. The van der Waals surface area contributed by atoms with Gasteiger partial charge >= 0.3 is 0 Å². The molecule has 0 bridgehead atoms. The second-order valence-electron chi connectivity index (χ2n) is 5.90. The molecule has 0 saturated heterocycles. The lowest BCUT2D eigenvalue weighted by Gasteiger charge is -2.18. The molecular formula is C16H27N3O. The summed E-state index contributed by atoms with van der Waals surface area (Å²) in [6.45, 7) is 6.47. The smallest absolute Gasteiger partial charge is 0.237 e. The molecule has 0 aliphatic carbocycles. The van der Waals surface area contributed by atoms with Crippen LogP contribution in [-0.4, -0.2) is 23.0 Å². The fourth-order valence-electron chi connectivity index (χ4n) is 2.12. The molecule has 20 heavy (non-hydrogen) atoms. The number of hydrogen-bond acceptors (Lipinski definition) is 3. The molecule has 4 heteroatoms. The van der Waals surface area contributed by atoms with Crippen LogP contribution in [0, 0.1) is 5.92 Å². The molecular weight excluding hydrogens is 250 g/mol. The fraction of sp³-hybridized carbons (Fsp3) is 0.625. The average Bonchev–Trinajstić information content (AvgIpc) is 2.39. The minimum absolute atomic E-state index is 0.0705.